The van der Waals surface area contributed by atoms with E-state index in [0.29, 0.717) is 5.70 Å². The molecule has 1 aliphatic heterocycles. The van der Waals surface area contributed by atoms with Gasteiger partial charge in [0.25, 0.3) is 5.91 Å². The molecule has 1 atom stereocenters. The summed E-state index contributed by atoms with van der Waals surface area (Å²) in [5.41, 5.74) is 9.23. The summed E-state index contributed by atoms with van der Waals surface area (Å²) in [5, 5.41) is 3.80. The second-order valence-electron chi connectivity index (χ2n) is 2.49. The van der Waals surface area contributed by atoms with E-state index in [1.165, 1.54) is 0 Å². The largest absolute Gasteiger partial charge is 0.399 e. The van der Waals surface area contributed by atoms with E-state index in [1.54, 1.807) is 18.2 Å². The molecule has 0 saturated carbocycles. The molecule has 1 heterocycles. The van der Waals surface area contributed by atoms with Gasteiger partial charge >= 0.3 is 0 Å². The van der Waals surface area contributed by atoms with Crippen LogP contribution in [-0.4, -0.2) is 11.6 Å². The summed E-state index contributed by atoms with van der Waals surface area (Å²) in [5.74, 6) is -0.368. The Bertz CT molecular complexity index is 301. The highest BCUT2D eigenvalue weighted by Crippen LogP contribution is 2.15. The van der Waals surface area contributed by atoms with E-state index in [0.717, 1.165) is 5.71 Å². The SMILES string of the molecule is NC1=CC2C(=O)NN=C2C=C1. The standard InChI is InChI=1S/C7H7N3O/c8-4-1-2-6-5(3-4)7(11)10-9-6/h1-3,5H,8H2,(H,10,11). The van der Waals surface area contributed by atoms with E-state index in [1.807, 2.05) is 0 Å². The zero-order valence-electron chi connectivity index (χ0n) is 5.74. The predicted octanol–water partition coefficient (Wildman–Crippen LogP) is -0.499. The normalized spacial score (nSPS) is 27.3. The summed E-state index contributed by atoms with van der Waals surface area (Å²) < 4.78 is 0. The molecule has 56 valence electrons. The molecule has 1 unspecified atom stereocenters. The number of nitrogens with zero attached hydrogens (tertiary/aromatic N) is 1. The third-order valence-electron chi connectivity index (χ3n) is 1.70. The molecule has 0 bridgehead atoms. The van der Waals surface area contributed by atoms with Gasteiger partial charge in [-0.2, -0.15) is 5.10 Å². The molecule has 0 spiro atoms. The summed E-state index contributed by atoms with van der Waals surface area (Å²) in [7, 11) is 0. The smallest absolute Gasteiger partial charge is 0.253 e. The zero-order valence-corrected chi connectivity index (χ0v) is 5.74. The van der Waals surface area contributed by atoms with Crippen LogP contribution in [0.3, 0.4) is 0 Å². The van der Waals surface area contributed by atoms with Crippen molar-refractivity contribution in [1.29, 1.82) is 0 Å². The number of carbonyl (C=O) groups is 1. The minimum atomic E-state index is -0.264. The molecule has 11 heavy (non-hydrogen) atoms. The van der Waals surface area contributed by atoms with Gasteiger partial charge in [-0.05, 0) is 18.2 Å². The van der Waals surface area contributed by atoms with Crippen LogP contribution in [0, 0.1) is 5.92 Å². The van der Waals surface area contributed by atoms with Crippen molar-refractivity contribution in [1.82, 2.24) is 5.43 Å². The van der Waals surface area contributed by atoms with Crippen molar-refractivity contribution in [3.05, 3.63) is 23.9 Å². The van der Waals surface area contributed by atoms with Crippen LogP contribution >= 0.6 is 0 Å². The lowest BCUT2D eigenvalue weighted by atomic mass is 9.98. The second-order valence-corrected chi connectivity index (χ2v) is 2.49. The highest BCUT2D eigenvalue weighted by atomic mass is 16.2. The molecule has 0 fully saturated rings. The summed E-state index contributed by atoms with van der Waals surface area (Å²) >= 11 is 0. The van der Waals surface area contributed by atoms with Crippen molar-refractivity contribution in [3.8, 4) is 0 Å². The first-order chi connectivity index (χ1) is 5.27. The monoisotopic (exact) mass is 149 g/mol. The summed E-state index contributed by atoms with van der Waals surface area (Å²) in [6.45, 7) is 0. The maximum atomic E-state index is 11.0. The van der Waals surface area contributed by atoms with Crippen molar-refractivity contribution < 1.29 is 4.79 Å². The van der Waals surface area contributed by atoms with Crippen LogP contribution in [0.2, 0.25) is 0 Å². The maximum absolute atomic E-state index is 11.0. The van der Waals surface area contributed by atoms with E-state index in [-0.39, 0.29) is 11.8 Å². The Morgan fingerprint density at radius 1 is 1.55 bits per heavy atom. The van der Waals surface area contributed by atoms with Gasteiger partial charge in [0.1, 0.15) is 5.92 Å². The average Bonchev–Trinajstić information content (AvgIpc) is 2.33. The van der Waals surface area contributed by atoms with Crippen LogP contribution in [0.5, 0.6) is 0 Å². The number of nitrogens with one attached hydrogen (secondary N) is 1. The van der Waals surface area contributed by atoms with Crippen molar-refractivity contribution >= 4 is 11.6 Å². The molecule has 3 N–H and O–H groups in total. The van der Waals surface area contributed by atoms with Gasteiger partial charge in [-0.25, -0.2) is 5.43 Å². The topological polar surface area (TPSA) is 67.5 Å². The number of amides is 1. The molecule has 0 saturated heterocycles. The fraction of sp³-hybridized carbons (Fsp3) is 0.143. The molecule has 2 aliphatic rings. The van der Waals surface area contributed by atoms with Crippen LogP contribution in [0.1, 0.15) is 0 Å². The third-order valence-corrected chi connectivity index (χ3v) is 1.70. The van der Waals surface area contributed by atoms with Crippen molar-refractivity contribution in [2.45, 2.75) is 0 Å². The van der Waals surface area contributed by atoms with Crippen LogP contribution in [0.15, 0.2) is 29.0 Å². The van der Waals surface area contributed by atoms with E-state index < -0.39 is 0 Å². The van der Waals surface area contributed by atoms with Gasteiger partial charge in [-0.3, -0.25) is 4.79 Å². The van der Waals surface area contributed by atoms with Gasteiger partial charge < -0.3 is 5.73 Å². The Labute approximate surface area is 63.5 Å². The van der Waals surface area contributed by atoms with Gasteiger partial charge in [0.05, 0.1) is 5.71 Å². The minimum Gasteiger partial charge on any atom is -0.399 e. The van der Waals surface area contributed by atoms with E-state index in [9.17, 15) is 4.79 Å². The molecule has 0 aromatic carbocycles. The zero-order chi connectivity index (χ0) is 7.84. The highest BCUT2D eigenvalue weighted by molar-refractivity contribution is 6.15. The minimum absolute atomic E-state index is 0.104. The first kappa shape index (κ1) is 6.15. The van der Waals surface area contributed by atoms with Gasteiger partial charge in [0.2, 0.25) is 0 Å². The van der Waals surface area contributed by atoms with E-state index in [4.69, 9.17) is 5.73 Å². The Morgan fingerprint density at radius 2 is 2.36 bits per heavy atom. The number of hydrazone groups is 1. The second kappa shape index (κ2) is 1.95. The first-order valence-electron chi connectivity index (χ1n) is 3.30. The Kier molecular flexibility index (Phi) is 1.09. The van der Waals surface area contributed by atoms with Gasteiger partial charge in [-0.15, -0.1) is 0 Å². The molecule has 0 radical (unpaired) electrons. The van der Waals surface area contributed by atoms with Gasteiger partial charge in [0, 0.05) is 5.70 Å². The van der Waals surface area contributed by atoms with Crippen LogP contribution < -0.4 is 11.2 Å². The molecule has 4 heteroatoms. The number of rotatable bonds is 0. The Morgan fingerprint density at radius 3 is 3.18 bits per heavy atom. The third kappa shape index (κ3) is 0.832. The van der Waals surface area contributed by atoms with Crippen LogP contribution in [-0.2, 0) is 4.79 Å². The lowest BCUT2D eigenvalue weighted by molar-refractivity contribution is -0.121. The lowest BCUT2D eigenvalue weighted by Gasteiger charge is -2.06. The number of hydrogen-bond donors (Lipinski definition) is 2. The molecule has 4 nitrogen and oxygen atoms in total. The number of carbonyl (C=O) groups excluding carboxylic acids is 1. The van der Waals surface area contributed by atoms with Gasteiger partial charge in [0.15, 0.2) is 0 Å². The molecular formula is C7H7N3O. The average molecular weight is 149 g/mol. The van der Waals surface area contributed by atoms with Crippen molar-refractivity contribution in [3.63, 3.8) is 0 Å². The molecule has 0 aromatic rings. The predicted molar refractivity (Wildman–Crippen MR) is 40.5 cm³/mol. The number of allylic oxidation sites excluding steroid dienone is 2. The lowest BCUT2D eigenvalue weighted by Crippen LogP contribution is -2.23. The van der Waals surface area contributed by atoms with Gasteiger partial charge in [-0.1, -0.05) is 0 Å². The summed E-state index contributed by atoms with van der Waals surface area (Å²) in [4.78, 5) is 11.0. The highest BCUT2D eigenvalue weighted by Gasteiger charge is 2.27. The summed E-state index contributed by atoms with van der Waals surface area (Å²) in [6.07, 6.45) is 5.18. The molecule has 2 rings (SSSR count). The fourth-order valence-electron chi connectivity index (χ4n) is 1.12. The molecular weight excluding hydrogens is 142 g/mol. The first-order valence-corrected chi connectivity index (χ1v) is 3.30. The molecule has 1 aliphatic carbocycles. The van der Waals surface area contributed by atoms with E-state index >= 15 is 0 Å². The molecule has 1 amide bonds. The Balaban J connectivity index is 2.39. The number of nitrogens with two attached hydrogens (primary N) is 1. The molecule has 0 aromatic heterocycles. The fourth-order valence-corrected chi connectivity index (χ4v) is 1.12. The quantitative estimate of drug-likeness (QED) is 0.487. The van der Waals surface area contributed by atoms with Crippen molar-refractivity contribution in [2.75, 3.05) is 0 Å². The van der Waals surface area contributed by atoms with Crippen LogP contribution in [0.25, 0.3) is 0 Å². The maximum Gasteiger partial charge on any atom is 0.253 e. The van der Waals surface area contributed by atoms with Crippen LogP contribution in [0.4, 0.5) is 0 Å². The van der Waals surface area contributed by atoms with Crippen molar-refractivity contribution in [2.24, 2.45) is 16.8 Å². The Hall–Kier alpha value is -1.58. The summed E-state index contributed by atoms with van der Waals surface area (Å²) in [6, 6.07) is 0. The number of hydrogen-bond acceptors (Lipinski definition) is 3. The number of fused-ring (bicyclic) bond motifs is 1. The van der Waals surface area contributed by atoms with E-state index in [2.05, 4.69) is 10.5 Å².